The van der Waals surface area contributed by atoms with E-state index in [4.69, 9.17) is 23.2 Å². The molecule has 2 aromatic rings. The van der Waals surface area contributed by atoms with Crippen molar-refractivity contribution in [3.8, 4) is 0 Å². The Hall–Kier alpha value is -1.16. The van der Waals surface area contributed by atoms with Crippen LogP contribution in [0.25, 0.3) is 0 Å². The predicted octanol–water partition coefficient (Wildman–Crippen LogP) is 5.42. The highest BCUT2D eigenvalue weighted by molar-refractivity contribution is 8.00. The normalized spacial score (nSPS) is 12.0. The smallest absolute Gasteiger partial charge is 0.237 e. The van der Waals surface area contributed by atoms with Crippen molar-refractivity contribution in [3.63, 3.8) is 0 Å². The minimum Gasteiger partial charge on any atom is -0.325 e. The van der Waals surface area contributed by atoms with Gasteiger partial charge in [-0.05, 0) is 44.2 Å². The van der Waals surface area contributed by atoms with Crippen LogP contribution in [0.5, 0.6) is 0 Å². The lowest BCUT2D eigenvalue weighted by atomic mass is 10.2. The third kappa shape index (κ3) is 4.95. The number of nitrogens with one attached hydrogen (secondary N) is 1. The van der Waals surface area contributed by atoms with Crippen LogP contribution in [-0.4, -0.2) is 11.2 Å². The zero-order valence-corrected chi connectivity index (χ0v) is 14.0. The van der Waals surface area contributed by atoms with Crippen molar-refractivity contribution in [1.82, 2.24) is 0 Å². The molecule has 5 heteroatoms. The number of thioether (sulfide) groups is 1. The van der Waals surface area contributed by atoms with E-state index in [-0.39, 0.29) is 11.2 Å². The summed E-state index contributed by atoms with van der Waals surface area (Å²) >= 11 is 13.3. The summed E-state index contributed by atoms with van der Waals surface area (Å²) in [5.41, 5.74) is 1.80. The van der Waals surface area contributed by atoms with Crippen molar-refractivity contribution in [3.05, 3.63) is 58.1 Å². The summed E-state index contributed by atoms with van der Waals surface area (Å²) in [5, 5.41) is 3.60. The van der Waals surface area contributed by atoms with Gasteiger partial charge in [-0.3, -0.25) is 4.79 Å². The van der Waals surface area contributed by atoms with Crippen LogP contribution >= 0.6 is 35.0 Å². The molecule has 2 rings (SSSR count). The molecule has 0 spiro atoms. The van der Waals surface area contributed by atoms with Crippen molar-refractivity contribution >= 4 is 46.6 Å². The average Bonchev–Trinajstić information content (AvgIpc) is 2.40. The van der Waals surface area contributed by atoms with Gasteiger partial charge in [0, 0.05) is 20.6 Å². The SMILES string of the molecule is Cc1ccc(S[C@@H](C)C(=O)Nc2cc(Cl)cc(Cl)c2)cc1. The first-order chi connectivity index (χ1) is 9.94. The summed E-state index contributed by atoms with van der Waals surface area (Å²) in [6, 6.07) is 13.1. The maximum Gasteiger partial charge on any atom is 0.237 e. The van der Waals surface area contributed by atoms with Gasteiger partial charge in [0.1, 0.15) is 0 Å². The monoisotopic (exact) mass is 339 g/mol. The van der Waals surface area contributed by atoms with Gasteiger partial charge in [-0.15, -0.1) is 11.8 Å². The second-order valence-electron chi connectivity index (χ2n) is 4.72. The second-order valence-corrected chi connectivity index (χ2v) is 7.01. The molecule has 1 atom stereocenters. The maximum absolute atomic E-state index is 12.2. The topological polar surface area (TPSA) is 29.1 Å². The molecule has 0 aromatic heterocycles. The Morgan fingerprint density at radius 2 is 1.67 bits per heavy atom. The van der Waals surface area contributed by atoms with Crippen molar-refractivity contribution in [2.45, 2.75) is 24.0 Å². The van der Waals surface area contributed by atoms with E-state index in [1.165, 1.54) is 17.3 Å². The molecule has 1 amide bonds. The van der Waals surface area contributed by atoms with E-state index in [1.54, 1.807) is 18.2 Å². The van der Waals surface area contributed by atoms with Crippen LogP contribution in [0.3, 0.4) is 0 Å². The van der Waals surface area contributed by atoms with Crippen molar-refractivity contribution in [2.75, 3.05) is 5.32 Å². The van der Waals surface area contributed by atoms with Crippen LogP contribution in [0.1, 0.15) is 12.5 Å². The van der Waals surface area contributed by atoms with Gasteiger partial charge < -0.3 is 5.32 Å². The number of carbonyl (C=O) groups is 1. The summed E-state index contributed by atoms with van der Waals surface area (Å²) in [7, 11) is 0. The number of aryl methyl sites for hydroxylation is 1. The highest BCUT2D eigenvalue weighted by Crippen LogP contribution is 2.26. The first-order valence-electron chi connectivity index (χ1n) is 6.44. The van der Waals surface area contributed by atoms with Crippen molar-refractivity contribution < 1.29 is 4.79 Å². The molecule has 0 saturated heterocycles. The molecule has 0 fully saturated rings. The van der Waals surface area contributed by atoms with Crippen molar-refractivity contribution in [1.29, 1.82) is 0 Å². The summed E-state index contributed by atoms with van der Waals surface area (Å²) in [6.07, 6.45) is 0. The lowest BCUT2D eigenvalue weighted by molar-refractivity contribution is -0.115. The van der Waals surface area contributed by atoms with E-state index in [1.807, 2.05) is 38.1 Å². The fourth-order valence-corrected chi connectivity index (χ4v) is 3.14. The molecule has 0 heterocycles. The Bertz CT molecular complexity index is 623. The van der Waals surface area contributed by atoms with Gasteiger partial charge in [0.25, 0.3) is 0 Å². The molecule has 0 aliphatic carbocycles. The highest BCUT2D eigenvalue weighted by atomic mass is 35.5. The van der Waals surface area contributed by atoms with Crippen LogP contribution in [0.4, 0.5) is 5.69 Å². The Balaban J connectivity index is 2.00. The number of amides is 1. The van der Waals surface area contributed by atoms with E-state index >= 15 is 0 Å². The fourth-order valence-electron chi connectivity index (χ4n) is 1.74. The first-order valence-corrected chi connectivity index (χ1v) is 8.08. The minimum atomic E-state index is -0.217. The fraction of sp³-hybridized carbons (Fsp3) is 0.188. The van der Waals surface area contributed by atoms with Crippen LogP contribution in [0.15, 0.2) is 47.4 Å². The molecular weight excluding hydrogens is 325 g/mol. The van der Waals surface area contributed by atoms with Gasteiger partial charge in [0.15, 0.2) is 0 Å². The van der Waals surface area contributed by atoms with Gasteiger partial charge in [0.05, 0.1) is 5.25 Å². The summed E-state index contributed by atoms with van der Waals surface area (Å²) in [4.78, 5) is 13.3. The Labute approximate surface area is 138 Å². The number of carbonyl (C=O) groups excluding carboxylic acids is 1. The number of anilines is 1. The highest BCUT2D eigenvalue weighted by Gasteiger charge is 2.15. The van der Waals surface area contributed by atoms with Crippen LogP contribution in [0, 0.1) is 6.92 Å². The van der Waals surface area contributed by atoms with E-state index in [2.05, 4.69) is 5.32 Å². The minimum absolute atomic E-state index is 0.0843. The number of rotatable bonds is 4. The second kappa shape index (κ2) is 7.21. The molecule has 0 radical (unpaired) electrons. The molecule has 0 aliphatic heterocycles. The largest absolute Gasteiger partial charge is 0.325 e. The number of halogens is 2. The summed E-state index contributed by atoms with van der Waals surface area (Å²) in [6.45, 7) is 3.90. The molecule has 0 saturated carbocycles. The standard InChI is InChI=1S/C16H15Cl2NOS/c1-10-3-5-15(6-4-10)21-11(2)16(20)19-14-8-12(17)7-13(18)9-14/h3-9,11H,1-2H3,(H,19,20)/t11-/m0/s1. The van der Waals surface area contributed by atoms with E-state index in [9.17, 15) is 4.79 Å². The summed E-state index contributed by atoms with van der Waals surface area (Å²) in [5.74, 6) is -0.0843. The lowest BCUT2D eigenvalue weighted by Crippen LogP contribution is -2.22. The van der Waals surface area contributed by atoms with Gasteiger partial charge in [0.2, 0.25) is 5.91 Å². The van der Waals surface area contributed by atoms with Gasteiger partial charge >= 0.3 is 0 Å². The molecule has 2 aromatic carbocycles. The lowest BCUT2D eigenvalue weighted by Gasteiger charge is -2.12. The molecule has 0 bridgehead atoms. The zero-order valence-electron chi connectivity index (χ0n) is 11.7. The quantitative estimate of drug-likeness (QED) is 0.753. The van der Waals surface area contributed by atoms with E-state index < -0.39 is 0 Å². The molecule has 0 unspecified atom stereocenters. The number of hydrogen-bond donors (Lipinski definition) is 1. The van der Waals surface area contributed by atoms with Crippen LogP contribution in [0.2, 0.25) is 10.0 Å². The summed E-state index contributed by atoms with van der Waals surface area (Å²) < 4.78 is 0. The molecule has 2 nitrogen and oxygen atoms in total. The zero-order chi connectivity index (χ0) is 15.4. The molecule has 110 valence electrons. The molecule has 1 N–H and O–H groups in total. The molecule has 0 aliphatic rings. The van der Waals surface area contributed by atoms with Gasteiger partial charge in [-0.2, -0.15) is 0 Å². The van der Waals surface area contributed by atoms with Crippen LogP contribution < -0.4 is 5.32 Å². The van der Waals surface area contributed by atoms with E-state index in [0.717, 1.165) is 4.90 Å². The Kier molecular flexibility index (Phi) is 5.57. The maximum atomic E-state index is 12.2. The Morgan fingerprint density at radius 3 is 2.24 bits per heavy atom. The van der Waals surface area contributed by atoms with Gasteiger partial charge in [-0.1, -0.05) is 40.9 Å². The number of benzene rings is 2. The number of hydrogen-bond acceptors (Lipinski definition) is 2. The van der Waals surface area contributed by atoms with E-state index in [0.29, 0.717) is 15.7 Å². The Morgan fingerprint density at radius 1 is 1.10 bits per heavy atom. The van der Waals surface area contributed by atoms with Crippen LogP contribution in [-0.2, 0) is 4.79 Å². The van der Waals surface area contributed by atoms with Gasteiger partial charge in [-0.25, -0.2) is 0 Å². The van der Waals surface area contributed by atoms with Crippen molar-refractivity contribution in [2.24, 2.45) is 0 Å². The first kappa shape index (κ1) is 16.2. The molecular formula is C16H15Cl2NOS. The third-order valence-electron chi connectivity index (χ3n) is 2.83. The third-order valence-corrected chi connectivity index (χ3v) is 4.38. The predicted molar refractivity (Wildman–Crippen MR) is 91.6 cm³/mol. The average molecular weight is 340 g/mol. The molecule has 21 heavy (non-hydrogen) atoms.